The zero-order chi connectivity index (χ0) is 14.7. The number of ether oxygens (including phenoxy) is 1. The molecule has 0 aromatic heterocycles. The van der Waals surface area contributed by atoms with Gasteiger partial charge in [0.25, 0.3) is 0 Å². The van der Waals surface area contributed by atoms with E-state index in [1.165, 1.54) is 5.56 Å². The Labute approximate surface area is 127 Å². The second kappa shape index (κ2) is 6.46. The summed E-state index contributed by atoms with van der Waals surface area (Å²) in [7, 11) is -3.18. The van der Waals surface area contributed by atoms with E-state index in [1.54, 1.807) is 4.31 Å². The van der Waals surface area contributed by atoms with Crippen LogP contribution >= 0.6 is 0 Å². The first-order valence-electron chi connectivity index (χ1n) is 7.80. The van der Waals surface area contributed by atoms with Gasteiger partial charge in [0.15, 0.2) is 0 Å². The highest BCUT2D eigenvalue weighted by molar-refractivity contribution is 7.89. The molecule has 0 aliphatic carbocycles. The third-order valence-electron chi connectivity index (χ3n) is 4.57. The minimum Gasteiger partial charge on any atom is -0.380 e. The van der Waals surface area contributed by atoms with Gasteiger partial charge in [0.2, 0.25) is 10.0 Å². The van der Waals surface area contributed by atoms with Crippen molar-refractivity contribution in [1.29, 1.82) is 0 Å². The molecule has 2 aliphatic rings. The molecule has 2 heterocycles. The lowest BCUT2D eigenvalue weighted by Crippen LogP contribution is -2.42. The average Bonchev–Trinajstić information content (AvgIpc) is 3.18. The first-order valence-corrected chi connectivity index (χ1v) is 9.30. The van der Waals surface area contributed by atoms with E-state index in [4.69, 9.17) is 4.74 Å². The summed E-state index contributed by atoms with van der Waals surface area (Å²) in [4.78, 5) is 0. The predicted octanol–water partition coefficient (Wildman–Crippen LogP) is 2.20. The van der Waals surface area contributed by atoms with Crippen LogP contribution in [-0.4, -0.2) is 43.8 Å². The van der Waals surface area contributed by atoms with Crippen molar-refractivity contribution in [1.82, 2.24) is 4.31 Å². The fourth-order valence-electron chi connectivity index (χ4n) is 3.35. The Bertz CT molecular complexity index is 552. The van der Waals surface area contributed by atoms with Gasteiger partial charge in [0.05, 0.1) is 6.61 Å². The van der Waals surface area contributed by atoms with Crippen molar-refractivity contribution in [2.24, 2.45) is 0 Å². The zero-order valence-electron chi connectivity index (χ0n) is 12.3. The topological polar surface area (TPSA) is 46.6 Å². The van der Waals surface area contributed by atoms with E-state index in [0.717, 1.165) is 25.7 Å². The van der Waals surface area contributed by atoms with E-state index < -0.39 is 10.0 Å². The summed E-state index contributed by atoms with van der Waals surface area (Å²) in [5, 5.41) is -0.324. The molecule has 0 N–H and O–H groups in total. The molecule has 5 heteroatoms. The Balaban J connectivity index is 1.65. The predicted molar refractivity (Wildman–Crippen MR) is 82.6 cm³/mol. The lowest BCUT2D eigenvalue weighted by Gasteiger charge is -2.26. The van der Waals surface area contributed by atoms with Crippen molar-refractivity contribution in [3.8, 4) is 0 Å². The van der Waals surface area contributed by atoms with Gasteiger partial charge in [-0.15, -0.1) is 0 Å². The van der Waals surface area contributed by atoms with Gasteiger partial charge >= 0.3 is 0 Å². The van der Waals surface area contributed by atoms with Gasteiger partial charge in [-0.2, -0.15) is 4.31 Å². The molecule has 0 amide bonds. The number of hydrogen-bond acceptors (Lipinski definition) is 3. The van der Waals surface area contributed by atoms with E-state index in [9.17, 15) is 8.42 Å². The van der Waals surface area contributed by atoms with E-state index in [-0.39, 0.29) is 11.3 Å². The number of nitrogens with zero attached hydrogens (tertiary/aromatic N) is 1. The average molecular weight is 309 g/mol. The lowest BCUT2D eigenvalue weighted by atomic mass is 10.0. The van der Waals surface area contributed by atoms with Gasteiger partial charge in [-0.3, -0.25) is 0 Å². The highest BCUT2D eigenvalue weighted by Crippen LogP contribution is 2.29. The molecule has 0 unspecified atom stereocenters. The van der Waals surface area contributed by atoms with Gasteiger partial charge in [-0.25, -0.2) is 8.42 Å². The molecule has 21 heavy (non-hydrogen) atoms. The summed E-state index contributed by atoms with van der Waals surface area (Å²) in [5.74, 6) is 0. The molecule has 2 saturated heterocycles. The molecular formula is C16H23NO3S. The van der Waals surface area contributed by atoms with Crippen LogP contribution in [0.3, 0.4) is 0 Å². The van der Waals surface area contributed by atoms with Crippen LogP contribution < -0.4 is 0 Å². The van der Waals surface area contributed by atoms with Crippen molar-refractivity contribution in [2.75, 3.05) is 19.8 Å². The molecule has 0 spiro atoms. The smallest absolute Gasteiger partial charge is 0.219 e. The first-order chi connectivity index (χ1) is 10.2. The maximum Gasteiger partial charge on any atom is 0.219 e. The van der Waals surface area contributed by atoms with Crippen LogP contribution in [0.5, 0.6) is 0 Å². The van der Waals surface area contributed by atoms with Gasteiger partial charge in [-0.1, -0.05) is 30.3 Å². The van der Waals surface area contributed by atoms with E-state index in [0.29, 0.717) is 26.2 Å². The van der Waals surface area contributed by atoms with Gasteiger partial charge in [0.1, 0.15) is 5.25 Å². The van der Waals surface area contributed by atoms with Crippen LogP contribution in [-0.2, 0) is 21.2 Å². The van der Waals surface area contributed by atoms with Crippen molar-refractivity contribution >= 4 is 10.0 Å². The maximum absolute atomic E-state index is 12.7. The van der Waals surface area contributed by atoms with Crippen molar-refractivity contribution < 1.29 is 13.2 Å². The number of rotatable bonds is 5. The highest BCUT2D eigenvalue weighted by atomic mass is 32.2. The summed E-state index contributed by atoms with van der Waals surface area (Å²) in [5.41, 5.74) is 1.28. The first kappa shape index (κ1) is 15.0. The monoisotopic (exact) mass is 309 g/mol. The molecule has 2 aliphatic heterocycles. The van der Waals surface area contributed by atoms with Crippen LogP contribution in [0.2, 0.25) is 0 Å². The minimum absolute atomic E-state index is 0.163. The van der Waals surface area contributed by atoms with Crippen LogP contribution in [0.4, 0.5) is 0 Å². The molecule has 0 bridgehead atoms. The SMILES string of the molecule is O=S(=O)([C@H]1CCOC1)N1CCC[C@H]1CCc1ccccc1. The molecule has 116 valence electrons. The fourth-order valence-corrected chi connectivity index (χ4v) is 5.41. The second-order valence-electron chi connectivity index (χ2n) is 5.96. The Kier molecular flexibility index (Phi) is 4.62. The highest BCUT2D eigenvalue weighted by Gasteiger charge is 2.40. The van der Waals surface area contributed by atoms with E-state index in [1.807, 2.05) is 18.2 Å². The summed E-state index contributed by atoms with van der Waals surface area (Å²) < 4.78 is 32.4. The number of hydrogen-bond donors (Lipinski definition) is 0. The molecule has 3 rings (SSSR count). The van der Waals surface area contributed by atoms with Crippen LogP contribution in [0.15, 0.2) is 30.3 Å². The normalized spacial score (nSPS) is 27.2. The van der Waals surface area contributed by atoms with Crippen LogP contribution in [0, 0.1) is 0 Å². The standard InChI is InChI=1S/C16H23NO3S/c18-21(19,16-10-12-20-13-16)17-11-4-7-15(17)9-8-14-5-2-1-3-6-14/h1-3,5-6,15-16H,4,7-13H2/t15-,16-/m0/s1. The number of benzene rings is 1. The number of sulfonamides is 1. The fraction of sp³-hybridized carbons (Fsp3) is 0.625. The van der Waals surface area contributed by atoms with Crippen molar-refractivity contribution in [3.05, 3.63) is 35.9 Å². The van der Waals surface area contributed by atoms with Crippen LogP contribution in [0.1, 0.15) is 31.2 Å². The third kappa shape index (κ3) is 3.30. The Morgan fingerprint density at radius 2 is 2.00 bits per heavy atom. The molecule has 1 aromatic carbocycles. The summed E-state index contributed by atoms with van der Waals surface area (Å²) in [6.07, 6.45) is 4.46. The van der Waals surface area contributed by atoms with Crippen molar-refractivity contribution in [3.63, 3.8) is 0 Å². The zero-order valence-corrected chi connectivity index (χ0v) is 13.1. The number of aryl methyl sites for hydroxylation is 1. The molecule has 4 nitrogen and oxygen atoms in total. The summed E-state index contributed by atoms with van der Waals surface area (Å²) >= 11 is 0. The maximum atomic E-state index is 12.7. The van der Waals surface area contributed by atoms with Crippen molar-refractivity contribution in [2.45, 2.75) is 43.4 Å². The Morgan fingerprint density at radius 3 is 2.71 bits per heavy atom. The molecular weight excluding hydrogens is 286 g/mol. The Hall–Kier alpha value is -0.910. The van der Waals surface area contributed by atoms with Gasteiger partial charge in [0, 0.05) is 19.2 Å². The Morgan fingerprint density at radius 1 is 1.19 bits per heavy atom. The third-order valence-corrected chi connectivity index (χ3v) is 6.92. The van der Waals surface area contributed by atoms with E-state index >= 15 is 0 Å². The van der Waals surface area contributed by atoms with E-state index in [2.05, 4.69) is 12.1 Å². The van der Waals surface area contributed by atoms with Gasteiger partial charge in [-0.05, 0) is 37.7 Å². The summed E-state index contributed by atoms with van der Waals surface area (Å²) in [6.45, 7) is 1.62. The molecule has 1 aromatic rings. The largest absolute Gasteiger partial charge is 0.380 e. The quantitative estimate of drug-likeness (QED) is 0.838. The van der Waals surface area contributed by atoms with Crippen LogP contribution in [0.25, 0.3) is 0 Å². The van der Waals surface area contributed by atoms with Gasteiger partial charge < -0.3 is 4.74 Å². The lowest BCUT2D eigenvalue weighted by molar-refractivity contribution is 0.197. The molecule has 0 radical (unpaired) electrons. The molecule has 2 fully saturated rings. The second-order valence-corrected chi connectivity index (χ2v) is 8.13. The minimum atomic E-state index is -3.18. The summed E-state index contributed by atoms with van der Waals surface area (Å²) in [6, 6.07) is 10.5. The molecule has 0 saturated carbocycles. The molecule has 2 atom stereocenters.